The van der Waals surface area contributed by atoms with Crippen molar-refractivity contribution in [1.29, 1.82) is 0 Å². The van der Waals surface area contributed by atoms with Gasteiger partial charge in [0.25, 0.3) is 11.2 Å². The normalized spacial score (nSPS) is 12.2. The molecule has 27 heavy (non-hydrogen) atoms. The van der Waals surface area contributed by atoms with Crippen molar-refractivity contribution in [3.8, 4) is 0 Å². The van der Waals surface area contributed by atoms with E-state index in [1.54, 1.807) is 12.1 Å². The van der Waals surface area contributed by atoms with Crippen LogP contribution in [0.4, 0.5) is 5.69 Å². The quantitative estimate of drug-likeness (QED) is 0.491. The zero-order valence-electron chi connectivity index (χ0n) is 14.1. The molecule has 0 radical (unpaired) electrons. The molecule has 1 N–H and O–H groups in total. The highest BCUT2D eigenvalue weighted by molar-refractivity contribution is 6.30. The van der Waals surface area contributed by atoms with E-state index in [0.29, 0.717) is 17.1 Å². The lowest BCUT2D eigenvalue weighted by molar-refractivity contribution is -0.384. The van der Waals surface area contributed by atoms with E-state index in [9.17, 15) is 20.0 Å². The molecule has 9 heteroatoms. The van der Waals surface area contributed by atoms with Crippen molar-refractivity contribution in [3.63, 3.8) is 0 Å². The lowest BCUT2D eigenvalue weighted by Crippen LogP contribution is -2.29. The molecule has 0 fully saturated rings. The number of hydrogen-bond acceptors (Lipinski definition) is 6. The first-order valence-corrected chi connectivity index (χ1v) is 8.45. The highest BCUT2D eigenvalue weighted by atomic mass is 35.5. The molecule has 0 aliphatic heterocycles. The Kier molecular flexibility index (Phi) is 5.80. The molecule has 0 spiro atoms. The van der Waals surface area contributed by atoms with Crippen LogP contribution < -0.4 is 5.56 Å². The number of nitro groups is 1. The van der Waals surface area contributed by atoms with Crippen LogP contribution in [-0.4, -0.2) is 32.3 Å². The lowest BCUT2D eigenvalue weighted by Gasteiger charge is -2.13. The second kappa shape index (κ2) is 8.26. The zero-order valence-corrected chi connectivity index (χ0v) is 14.9. The average molecular weight is 390 g/mol. The van der Waals surface area contributed by atoms with Crippen LogP contribution in [0.15, 0.2) is 53.6 Å². The van der Waals surface area contributed by atoms with Gasteiger partial charge in [-0.15, -0.1) is 0 Å². The number of nitro benzene ring substituents is 1. The van der Waals surface area contributed by atoms with Crippen molar-refractivity contribution in [3.05, 3.63) is 79.8 Å². The average Bonchev–Trinajstić information content (AvgIpc) is 2.65. The Balaban J connectivity index is 1.66. The summed E-state index contributed by atoms with van der Waals surface area (Å²) in [6, 6.07) is 11.0. The second-order valence-electron chi connectivity index (χ2n) is 5.96. The third kappa shape index (κ3) is 4.68. The molecule has 3 rings (SSSR count). The predicted octanol–water partition coefficient (Wildman–Crippen LogP) is 2.54. The summed E-state index contributed by atoms with van der Waals surface area (Å²) in [4.78, 5) is 26.9. The number of hydrogen-bond donors (Lipinski definition) is 1. The molecule has 1 atom stereocenters. The Bertz CT molecular complexity index is 1020. The molecule has 1 heterocycles. The van der Waals surface area contributed by atoms with Gasteiger partial charge in [0.1, 0.15) is 0 Å². The highest BCUT2D eigenvalue weighted by Gasteiger charge is 2.13. The van der Waals surface area contributed by atoms with Gasteiger partial charge in [-0.1, -0.05) is 23.7 Å². The lowest BCUT2D eigenvalue weighted by atomic mass is 10.2. The first-order chi connectivity index (χ1) is 12.9. The molecule has 2 aromatic carbocycles. The van der Waals surface area contributed by atoms with E-state index in [2.05, 4.69) is 4.98 Å². The summed E-state index contributed by atoms with van der Waals surface area (Å²) in [5.74, 6) is 0. The Morgan fingerprint density at radius 2 is 2.00 bits per heavy atom. The van der Waals surface area contributed by atoms with Crippen molar-refractivity contribution in [2.75, 3.05) is 6.61 Å². The smallest absolute Gasteiger partial charge is 0.270 e. The van der Waals surface area contributed by atoms with Crippen LogP contribution in [0.1, 0.15) is 5.56 Å². The van der Waals surface area contributed by atoms with Crippen molar-refractivity contribution in [1.82, 2.24) is 9.55 Å². The maximum atomic E-state index is 12.5. The number of benzene rings is 2. The standard InChI is InChI=1S/C18H16ClN3O5/c19-13-3-1-12(2-4-13)9-27-10-15(23)8-21-11-20-17-6-5-14(22(25)26)7-16(17)18(21)24/h1-7,11,15,23H,8-10H2. The van der Waals surface area contributed by atoms with Crippen LogP contribution in [0.5, 0.6) is 0 Å². The number of fused-ring (bicyclic) bond motifs is 1. The third-order valence-corrected chi connectivity index (χ3v) is 4.17. The van der Waals surface area contributed by atoms with Gasteiger partial charge in [0.15, 0.2) is 0 Å². The summed E-state index contributed by atoms with van der Waals surface area (Å²) in [5.41, 5.74) is 0.616. The third-order valence-electron chi connectivity index (χ3n) is 3.92. The molecule has 3 aromatic rings. The predicted molar refractivity (Wildman–Crippen MR) is 99.8 cm³/mol. The zero-order chi connectivity index (χ0) is 19.4. The van der Waals surface area contributed by atoms with Crippen LogP contribution in [0.2, 0.25) is 5.02 Å². The molecule has 0 bridgehead atoms. The fourth-order valence-corrected chi connectivity index (χ4v) is 2.69. The van der Waals surface area contributed by atoms with Gasteiger partial charge in [0, 0.05) is 17.2 Å². The summed E-state index contributed by atoms with van der Waals surface area (Å²) >= 11 is 5.81. The van der Waals surface area contributed by atoms with E-state index in [0.717, 1.165) is 5.56 Å². The number of aliphatic hydroxyl groups is 1. The molecular weight excluding hydrogens is 374 g/mol. The Labute approximate surface area is 158 Å². The largest absolute Gasteiger partial charge is 0.389 e. The molecule has 140 valence electrons. The minimum Gasteiger partial charge on any atom is -0.389 e. The molecule has 8 nitrogen and oxygen atoms in total. The number of nitrogens with zero attached hydrogens (tertiary/aromatic N) is 3. The highest BCUT2D eigenvalue weighted by Crippen LogP contribution is 2.16. The van der Waals surface area contributed by atoms with Gasteiger partial charge in [-0.25, -0.2) is 4.98 Å². The van der Waals surface area contributed by atoms with Crippen molar-refractivity contribution < 1.29 is 14.8 Å². The fraction of sp³-hybridized carbons (Fsp3) is 0.222. The first-order valence-electron chi connectivity index (χ1n) is 8.08. The number of ether oxygens (including phenoxy) is 1. The molecular formula is C18H16ClN3O5. The molecule has 0 saturated heterocycles. The minimum absolute atomic E-state index is 0.0159. The maximum absolute atomic E-state index is 12.5. The van der Waals surface area contributed by atoms with Crippen LogP contribution in [0.3, 0.4) is 0 Å². The van der Waals surface area contributed by atoms with E-state index in [1.807, 2.05) is 12.1 Å². The number of aliphatic hydroxyl groups excluding tert-OH is 1. The van der Waals surface area contributed by atoms with E-state index < -0.39 is 16.6 Å². The molecule has 1 unspecified atom stereocenters. The van der Waals surface area contributed by atoms with Crippen LogP contribution in [0, 0.1) is 10.1 Å². The molecule has 0 amide bonds. The van der Waals surface area contributed by atoms with Gasteiger partial charge in [0.05, 0.1) is 48.0 Å². The van der Waals surface area contributed by atoms with Gasteiger partial charge in [-0.05, 0) is 23.8 Å². The van der Waals surface area contributed by atoms with Crippen LogP contribution >= 0.6 is 11.6 Å². The summed E-state index contributed by atoms with van der Waals surface area (Å²) in [6.07, 6.45) is 0.367. The SMILES string of the molecule is O=c1c2cc([N+](=O)[O-])ccc2ncn1CC(O)COCc1ccc(Cl)cc1. The number of halogens is 1. The fourth-order valence-electron chi connectivity index (χ4n) is 2.56. The number of aromatic nitrogens is 2. The van der Waals surface area contributed by atoms with Gasteiger partial charge >= 0.3 is 0 Å². The summed E-state index contributed by atoms with van der Waals surface area (Å²) in [7, 11) is 0. The van der Waals surface area contributed by atoms with Crippen molar-refractivity contribution in [2.24, 2.45) is 0 Å². The van der Waals surface area contributed by atoms with Crippen molar-refractivity contribution >= 4 is 28.2 Å². The topological polar surface area (TPSA) is 107 Å². The maximum Gasteiger partial charge on any atom is 0.270 e. The summed E-state index contributed by atoms with van der Waals surface area (Å²) < 4.78 is 6.66. The number of non-ortho nitro benzene ring substituents is 1. The molecule has 0 saturated carbocycles. The molecule has 0 aliphatic rings. The monoisotopic (exact) mass is 389 g/mol. The van der Waals surface area contributed by atoms with Gasteiger partial charge in [-0.2, -0.15) is 0 Å². The first kappa shape index (κ1) is 19.0. The van der Waals surface area contributed by atoms with Gasteiger partial charge in [-0.3, -0.25) is 19.5 Å². The van der Waals surface area contributed by atoms with E-state index >= 15 is 0 Å². The molecule has 0 aliphatic carbocycles. The molecule has 1 aromatic heterocycles. The number of rotatable bonds is 7. The Hall–Kier alpha value is -2.81. The summed E-state index contributed by atoms with van der Waals surface area (Å²) in [5, 5.41) is 21.8. The summed E-state index contributed by atoms with van der Waals surface area (Å²) in [6.45, 7) is 0.276. The second-order valence-corrected chi connectivity index (χ2v) is 6.39. The minimum atomic E-state index is -0.937. The van der Waals surface area contributed by atoms with Gasteiger partial charge < -0.3 is 9.84 Å². The van der Waals surface area contributed by atoms with E-state index in [4.69, 9.17) is 16.3 Å². The Morgan fingerprint density at radius 3 is 2.70 bits per heavy atom. The van der Waals surface area contributed by atoms with Gasteiger partial charge in [0.2, 0.25) is 0 Å². The van der Waals surface area contributed by atoms with Crippen LogP contribution in [0.25, 0.3) is 10.9 Å². The Morgan fingerprint density at radius 1 is 1.26 bits per heavy atom. The van der Waals surface area contributed by atoms with E-state index in [-0.39, 0.29) is 24.2 Å². The van der Waals surface area contributed by atoms with Crippen LogP contribution in [-0.2, 0) is 17.9 Å². The van der Waals surface area contributed by atoms with Crippen molar-refractivity contribution in [2.45, 2.75) is 19.3 Å². The van der Waals surface area contributed by atoms with E-state index in [1.165, 1.54) is 29.1 Å².